The predicted octanol–water partition coefficient (Wildman–Crippen LogP) is 0.289. The minimum absolute atomic E-state index is 0.0242. The Morgan fingerprint density at radius 2 is 2.32 bits per heavy atom. The molecule has 0 aliphatic carbocycles. The quantitative estimate of drug-likeness (QED) is 0.463. The fraction of sp³-hybridized carbons (Fsp3) is 0.385. The Kier molecular flexibility index (Phi) is 4.01. The van der Waals surface area contributed by atoms with Gasteiger partial charge in [0.05, 0.1) is 11.3 Å². The Hall–Kier alpha value is -2.08. The number of anilines is 1. The van der Waals surface area contributed by atoms with E-state index in [-0.39, 0.29) is 17.9 Å². The Balaban J connectivity index is 1.98. The van der Waals surface area contributed by atoms with Crippen molar-refractivity contribution in [2.75, 3.05) is 12.0 Å². The van der Waals surface area contributed by atoms with Gasteiger partial charge in [-0.25, -0.2) is 0 Å². The normalized spacial score (nSPS) is 18.0. The van der Waals surface area contributed by atoms with Crippen molar-refractivity contribution < 1.29 is 9.59 Å². The van der Waals surface area contributed by atoms with Gasteiger partial charge in [-0.1, -0.05) is 6.07 Å². The molecule has 1 aliphatic rings. The first kappa shape index (κ1) is 13.4. The maximum Gasteiger partial charge on any atom is 0.253 e. The minimum atomic E-state index is -0.200. The van der Waals surface area contributed by atoms with E-state index in [4.69, 9.17) is 5.84 Å². The van der Waals surface area contributed by atoms with Crippen LogP contribution in [-0.2, 0) is 4.79 Å². The zero-order valence-corrected chi connectivity index (χ0v) is 10.8. The lowest BCUT2D eigenvalue weighted by Crippen LogP contribution is -2.38. The number of amides is 2. The van der Waals surface area contributed by atoms with Crippen molar-refractivity contribution in [1.29, 1.82) is 0 Å². The van der Waals surface area contributed by atoms with Crippen LogP contribution in [0.25, 0.3) is 0 Å². The first-order chi connectivity index (χ1) is 9.10. The van der Waals surface area contributed by atoms with Crippen LogP contribution in [0.15, 0.2) is 18.2 Å². The lowest BCUT2D eigenvalue weighted by molar-refractivity contribution is -0.119. The highest BCUT2D eigenvalue weighted by molar-refractivity contribution is 5.99. The van der Waals surface area contributed by atoms with Crippen LogP contribution in [0, 0.1) is 6.92 Å². The molecule has 0 aromatic heterocycles. The molecule has 102 valence electrons. The van der Waals surface area contributed by atoms with Crippen LogP contribution in [0.3, 0.4) is 0 Å². The van der Waals surface area contributed by atoms with E-state index in [9.17, 15) is 9.59 Å². The van der Waals surface area contributed by atoms with Gasteiger partial charge in [0.25, 0.3) is 5.91 Å². The van der Waals surface area contributed by atoms with Crippen molar-refractivity contribution >= 4 is 17.5 Å². The number of rotatable bonds is 4. The average Bonchev–Trinajstić information content (AvgIpc) is 2.81. The number of aryl methyl sites for hydroxylation is 1. The van der Waals surface area contributed by atoms with Gasteiger partial charge in [-0.3, -0.25) is 15.4 Å². The molecule has 1 aliphatic heterocycles. The molecule has 0 radical (unpaired) electrons. The summed E-state index contributed by atoms with van der Waals surface area (Å²) in [6.07, 6.45) is 1.29. The Labute approximate surface area is 111 Å². The maximum absolute atomic E-state index is 12.1. The lowest BCUT2D eigenvalue weighted by Gasteiger charge is -2.13. The van der Waals surface area contributed by atoms with Gasteiger partial charge in [-0.15, -0.1) is 0 Å². The number of carbonyl (C=O) groups is 2. The third kappa shape index (κ3) is 3.23. The fourth-order valence-electron chi connectivity index (χ4n) is 2.12. The molecule has 0 spiro atoms. The predicted molar refractivity (Wildman–Crippen MR) is 72.5 cm³/mol. The summed E-state index contributed by atoms with van der Waals surface area (Å²) in [5, 5.41) is 5.61. The summed E-state index contributed by atoms with van der Waals surface area (Å²) in [6.45, 7) is 2.36. The molecule has 6 nitrogen and oxygen atoms in total. The number of hydrazine groups is 1. The van der Waals surface area contributed by atoms with Crippen molar-refractivity contribution in [3.63, 3.8) is 0 Å². The number of nitrogen functional groups attached to an aromatic ring is 1. The molecule has 1 unspecified atom stereocenters. The van der Waals surface area contributed by atoms with E-state index < -0.39 is 0 Å². The van der Waals surface area contributed by atoms with Gasteiger partial charge >= 0.3 is 0 Å². The maximum atomic E-state index is 12.1. The summed E-state index contributed by atoms with van der Waals surface area (Å²) in [6, 6.07) is 5.42. The van der Waals surface area contributed by atoms with Crippen LogP contribution in [0.4, 0.5) is 5.69 Å². The van der Waals surface area contributed by atoms with E-state index in [2.05, 4.69) is 16.1 Å². The first-order valence-corrected chi connectivity index (χ1v) is 6.25. The molecule has 0 bridgehead atoms. The average molecular weight is 262 g/mol. The molecule has 1 saturated heterocycles. The standard InChI is InChI=1S/C13H18N4O2/c1-8-2-4-10(11(6-8)17-14)13(19)15-7-9-3-5-12(18)16-9/h2,4,6,9,17H,3,5,7,14H2,1H3,(H,15,19)(H,16,18). The molecule has 0 saturated carbocycles. The Morgan fingerprint density at radius 3 is 2.95 bits per heavy atom. The van der Waals surface area contributed by atoms with E-state index >= 15 is 0 Å². The molecule has 1 aromatic carbocycles. The topological polar surface area (TPSA) is 96.2 Å². The third-order valence-electron chi connectivity index (χ3n) is 3.17. The molecule has 2 amide bonds. The van der Waals surface area contributed by atoms with E-state index in [1.807, 2.05) is 19.1 Å². The van der Waals surface area contributed by atoms with Crippen molar-refractivity contribution in [3.8, 4) is 0 Å². The summed E-state index contributed by atoms with van der Waals surface area (Å²) in [4.78, 5) is 23.1. The second kappa shape index (κ2) is 5.71. The van der Waals surface area contributed by atoms with Gasteiger partial charge in [-0.2, -0.15) is 0 Å². The van der Waals surface area contributed by atoms with Gasteiger partial charge in [0.15, 0.2) is 0 Å². The fourth-order valence-corrected chi connectivity index (χ4v) is 2.12. The molecular formula is C13H18N4O2. The van der Waals surface area contributed by atoms with E-state index in [0.717, 1.165) is 12.0 Å². The third-order valence-corrected chi connectivity index (χ3v) is 3.17. The number of carbonyl (C=O) groups excluding carboxylic acids is 2. The molecular weight excluding hydrogens is 244 g/mol. The van der Waals surface area contributed by atoms with Crippen molar-refractivity contribution in [3.05, 3.63) is 29.3 Å². The molecule has 2 rings (SSSR count). The molecule has 1 fully saturated rings. The summed E-state index contributed by atoms with van der Waals surface area (Å²) in [7, 11) is 0. The molecule has 1 aromatic rings. The number of hydrogen-bond acceptors (Lipinski definition) is 4. The van der Waals surface area contributed by atoms with Crippen LogP contribution in [-0.4, -0.2) is 24.4 Å². The molecule has 1 atom stereocenters. The summed E-state index contributed by atoms with van der Waals surface area (Å²) in [5.74, 6) is 5.25. The van der Waals surface area contributed by atoms with E-state index in [0.29, 0.717) is 24.2 Å². The van der Waals surface area contributed by atoms with Crippen LogP contribution >= 0.6 is 0 Å². The van der Waals surface area contributed by atoms with Crippen molar-refractivity contribution in [2.45, 2.75) is 25.8 Å². The smallest absolute Gasteiger partial charge is 0.253 e. The summed E-state index contributed by atoms with van der Waals surface area (Å²) in [5.41, 5.74) is 4.63. The highest BCUT2D eigenvalue weighted by Crippen LogP contribution is 2.16. The van der Waals surface area contributed by atoms with Crippen LogP contribution in [0.1, 0.15) is 28.8 Å². The van der Waals surface area contributed by atoms with E-state index in [1.165, 1.54) is 0 Å². The molecule has 5 N–H and O–H groups in total. The molecule has 1 heterocycles. The monoisotopic (exact) mass is 262 g/mol. The lowest BCUT2D eigenvalue weighted by atomic mass is 10.1. The highest BCUT2D eigenvalue weighted by Gasteiger charge is 2.21. The largest absolute Gasteiger partial charge is 0.352 e. The van der Waals surface area contributed by atoms with Crippen LogP contribution in [0.2, 0.25) is 0 Å². The number of benzene rings is 1. The zero-order chi connectivity index (χ0) is 13.8. The van der Waals surface area contributed by atoms with Crippen molar-refractivity contribution in [1.82, 2.24) is 10.6 Å². The number of nitrogens with two attached hydrogens (primary N) is 1. The SMILES string of the molecule is Cc1ccc(C(=O)NCC2CCC(=O)N2)c(NN)c1. The second-order valence-electron chi connectivity index (χ2n) is 4.71. The summed E-state index contributed by atoms with van der Waals surface area (Å²) < 4.78 is 0. The van der Waals surface area contributed by atoms with Gasteiger partial charge in [0, 0.05) is 19.0 Å². The molecule has 19 heavy (non-hydrogen) atoms. The highest BCUT2D eigenvalue weighted by atomic mass is 16.2. The van der Waals surface area contributed by atoms with Gasteiger partial charge < -0.3 is 16.1 Å². The number of hydrogen-bond donors (Lipinski definition) is 4. The molecule has 6 heteroatoms. The van der Waals surface area contributed by atoms with Gasteiger partial charge in [0.2, 0.25) is 5.91 Å². The summed E-state index contributed by atoms with van der Waals surface area (Å²) >= 11 is 0. The van der Waals surface area contributed by atoms with Gasteiger partial charge in [0.1, 0.15) is 0 Å². The van der Waals surface area contributed by atoms with Gasteiger partial charge in [-0.05, 0) is 31.0 Å². The van der Waals surface area contributed by atoms with E-state index in [1.54, 1.807) is 6.07 Å². The first-order valence-electron chi connectivity index (χ1n) is 6.25. The minimum Gasteiger partial charge on any atom is -0.352 e. The number of nitrogens with one attached hydrogen (secondary N) is 3. The Morgan fingerprint density at radius 1 is 1.53 bits per heavy atom. The Bertz CT molecular complexity index is 501. The van der Waals surface area contributed by atoms with Crippen molar-refractivity contribution in [2.24, 2.45) is 5.84 Å². The van der Waals surface area contributed by atoms with Crippen LogP contribution in [0.5, 0.6) is 0 Å². The second-order valence-corrected chi connectivity index (χ2v) is 4.71. The zero-order valence-electron chi connectivity index (χ0n) is 10.8. The van der Waals surface area contributed by atoms with Crippen LogP contribution < -0.4 is 21.9 Å².